The molecule has 0 fully saturated rings. The lowest BCUT2D eigenvalue weighted by Crippen LogP contribution is -2.23. The monoisotopic (exact) mass is 413 g/mol. The molecule has 2 aromatic rings. The van der Waals surface area contributed by atoms with Crippen LogP contribution in [0, 0.1) is 0 Å². The second-order valence-electron chi connectivity index (χ2n) is 5.80. The van der Waals surface area contributed by atoms with Gasteiger partial charge in [0.1, 0.15) is 0 Å². The van der Waals surface area contributed by atoms with Gasteiger partial charge >= 0.3 is 6.18 Å². The van der Waals surface area contributed by atoms with E-state index in [0.29, 0.717) is 24.5 Å². The molecule has 2 rings (SSSR count). The number of methoxy groups -OCH3 is 2. The molecule has 150 valence electrons. The van der Waals surface area contributed by atoms with E-state index in [-0.39, 0.29) is 10.6 Å². The number of carbonyl (C=O) groups is 1. The van der Waals surface area contributed by atoms with Crippen molar-refractivity contribution in [1.29, 1.82) is 0 Å². The van der Waals surface area contributed by atoms with Crippen molar-refractivity contribution in [1.82, 2.24) is 5.32 Å². The number of hydrogen-bond donors (Lipinski definition) is 1. The smallest absolute Gasteiger partial charge is 0.417 e. The van der Waals surface area contributed by atoms with E-state index in [2.05, 4.69) is 5.32 Å². The molecule has 0 saturated heterocycles. The van der Waals surface area contributed by atoms with E-state index in [1.54, 1.807) is 13.2 Å². The molecule has 2 aromatic carbocycles. The first kappa shape index (κ1) is 21.6. The highest BCUT2D eigenvalue weighted by atomic mass is 35.5. The van der Waals surface area contributed by atoms with Crippen molar-refractivity contribution in [2.75, 3.05) is 20.8 Å². The largest absolute Gasteiger partial charge is 0.493 e. The number of amides is 1. The number of benzene rings is 2. The van der Waals surface area contributed by atoms with Crippen molar-refractivity contribution in [3.8, 4) is 11.5 Å². The van der Waals surface area contributed by atoms with Crippen molar-refractivity contribution in [3.63, 3.8) is 0 Å². The van der Waals surface area contributed by atoms with Crippen LogP contribution in [0.25, 0.3) is 6.08 Å². The predicted molar refractivity (Wildman–Crippen MR) is 102 cm³/mol. The standard InChI is InChI=1S/C20H19ClF3NO3/c1-27-17-7-4-14(12-18(17)28-2)9-10-25-19(26)8-5-13-3-6-16(21)15(11-13)20(22,23)24/h3-8,11-12H,9-10H2,1-2H3,(H,25,26)/b8-5+. The highest BCUT2D eigenvalue weighted by molar-refractivity contribution is 6.31. The number of carbonyl (C=O) groups excluding carboxylic acids is 1. The fourth-order valence-electron chi connectivity index (χ4n) is 2.46. The van der Waals surface area contributed by atoms with Crippen molar-refractivity contribution in [3.05, 3.63) is 64.2 Å². The average Bonchev–Trinajstić information content (AvgIpc) is 2.66. The maximum atomic E-state index is 12.9. The second-order valence-corrected chi connectivity index (χ2v) is 6.21. The minimum absolute atomic E-state index is 0.228. The molecule has 28 heavy (non-hydrogen) atoms. The van der Waals surface area contributed by atoms with Crippen LogP contribution in [0.1, 0.15) is 16.7 Å². The maximum absolute atomic E-state index is 12.9. The van der Waals surface area contributed by atoms with E-state index in [0.717, 1.165) is 17.7 Å². The van der Waals surface area contributed by atoms with Crippen molar-refractivity contribution < 1.29 is 27.4 Å². The summed E-state index contributed by atoms with van der Waals surface area (Å²) in [6, 6.07) is 8.90. The Bertz CT molecular complexity index is 866. The first-order valence-corrected chi connectivity index (χ1v) is 8.66. The normalized spacial score (nSPS) is 11.5. The summed E-state index contributed by atoms with van der Waals surface area (Å²) in [5, 5.41) is 2.29. The minimum atomic E-state index is -4.55. The SMILES string of the molecule is COc1ccc(CCNC(=O)/C=C/c2ccc(Cl)c(C(F)(F)F)c2)cc1OC. The van der Waals surface area contributed by atoms with Crippen molar-refractivity contribution >= 4 is 23.6 Å². The molecule has 0 radical (unpaired) electrons. The van der Waals surface area contributed by atoms with Crippen LogP contribution in [0.3, 0.4) is 0 Å². The first-order chi connectivity index (χ1) is 13.2. The number of hydrogen-bond acceptors (Lipinski definition) is 3. The molecule has 0 heterocycles. The molecule has 0 unspecified atom stereocenters. The fourth-order valence-corrected chi connectivity index (χ4v) is 2.69. The van der Waals surface area contributed by atoms with Crippen LogP contribution in [0.5, 0.6) is 11.5 Å². The summed E-state index contributed by atoms with van der Waals surface area (Å²) < 4.78 is 48.9. The lowest BCUT2D eigenvalue weighted by molar-refractivity contribution is -0.137. The summed E-state index contributed by atoms with van der Waals surface area (Å²) in [4.78, 5) is 11.9. The lowest BCUT2D eigenvalue weighted by atomic mass is 10.1. The zero-order valence-electron chi connectivity index (χ0n) is 15.3. The third-order valence-corrected chi connectivity index (χ3v) is 4.21. The van der Waals surface area contributed by atoms with Gasteiger partial charge in [-0.2, -0.15) is 13.2 Å². The summed E-state index contributed by atoms with van der Waals surface area (Å²) in [5.74, 6) is 0.790. The van der Waals surface area contributed by atoms with E-state index in [4.69, 9.17) is 21.1 Å². The molecule has 0 spiro atoms. The molecule has 0 aliphatic heterocycles. The van der Waals surface area contributed by atoms with Gasteiger partial charge in [-0.1, -0.05) is 23.7 Å². The third-order valence-electron chi connectivity index (χ3n) is 3.88. The molecule has 1 amide bonds. The van der Waals surface area contributed by atoms with Gasteiger partial charge in [-0.25, -0.2) is 0 Å². The Kier molecular flexibility index (Phi) is 7.34. The second kappa shape index (κ2) is 9.50. The molecule has 8 heteroatoms. The van der Waals surface area contributed by atoms with Gasteiger partial charge in [-0.05, 0) is 47.9 Å². The van der Waals surface area contributed by atoms with Crippen LogP contribution in [-0.2, 0) is 17.4 Å². The molecular weight excluding hydrogens is 395 g/mol. The summed E-state index contributed by atoms with van der Waals surface area (Å²) in [6.45, 7) is 0.354. The highest BCUT2D eigenvalue weighted by Gasteiger charge is 2.33. The van der Waals surface area contributed by atoms with Crippen LogP contribution in [0.15, 0.2) is 42.5 Å². The molecule has 1 N–H and O–H groups in total. The van der Waals surface area contributed by atoms with Crippen LogP contribution in [0.2, 0.25) is 5.02 Å². The third kappa shape index (κ3) is 5.92. The van der Waals surface area contributed by atoms with Gasteiger partial charge in [0.05, 0.1) is 24.8 Å². The Morgan fingerprint density at radius 1 is 1.11 bits per heavy atom. The summed E-state index contributed by atoms with van der Waals surface area (Å²) in [5.41, 5.74) is 0.228. The van der Waals surface area contributed by atoms with Crippen LogP contribution in [-0.4, -0.2) is 26.7 Å². The number of nitrogens with one attached hydrogen (secondary N) is 1. The van der Waals surface area contributed by atoms with E-state index < -0.39 is 17.6 Å². The molecule has 0 aromatic heterocycles. The topological polar surface area (TPSA) is 47.6 Å². The number of halogens is 4. The highest BCUT2D eigenvalue weighted by Crippen LogP contribution is 2.35. The molecule has 0 bridgehead atoms. The summed E-state index contributed by atoms with van der Waals surface area (Å²) >= 11 is 5.57. The Labute approximate surface area is 165 Å². The van der Waals surface area contributed by atoms with Crippen LogP contribution >= 0.6 is 11.6 Å². The first-order valence-electron chi connectivity index (χ1n) is 8.28. The molecular formula is C20H19ClF3NO3. The average molecular weight is 414 g/mol. The molecule has 0 saturated carbocycles. The predicted octanol–water partition coefficient (Wildman–Crippen LogP) is 4.75. The Morgan fingerprint density at radius 3 is 2.46 bits per heavy atom. The maximum Gasteiger partial charge on any atom is 0.417 e. The number of ether oxygens (including phenoxy) is 2. The van der Waals surface area contributed by atoms with Crippen molar-refractivity contribution in [2.24, 2.45) is 0 Å². The summed E-state index contributed by atoms with van der Waals surface area (Å²) in [6.07, 6.45) is -1.52. The molecule has 0 aliphatic carbocycles. The summed E-state index contributed by atoms with van der Waals surface area (Å²) in [7, 11) is 3.08. The molecule has 0 atom stereocenters. The van der Waals surface area contributed by atoms with E-state index in [1.807, 2.05) is 12.1 Å². The van der Waals surface area contributed by atoms with Gasteiger partial charge in [0.25, 0.3) is 0 Å². The van der Waals surface area contributed by atoms with Gasteiger partial charge in [0.2, 0.25) is 5.91 Å². The van der Waals surface area contributed by atoms with E-state index >= 15 is 0 Å². The minimum Gasteiger partial charge on any atom is -0.493 e. The van der Waals surface area contributed by atoms with Gasteiger partial charge < -0.3 is 14.8 Å². The number of alkyl halides is 3. The molecule has 4 nitrogen and oxygen atoms in total. The van der Waals surface area contributed by atoms with Gasteiger partial charge in [-0.15, -0.1) is 0 Å². The van der Waals surface area contributed by atoms with Gasteiger partial charge in [-0.3, -0.25) is 4.79 Å². The molecule has 0 aliphatic rings. The quantitative estimate of drug-likeness (QED) is 0.666. The fraction of sp³-hybridized carbons (Fsp3) is 0.250. The van der Waals surface area contributed by atoms with Crippen LogP contribution in [0.4, 0.5) is 13.2 Å². The van der Waals surface area contributed by atoms with E-state index in [1.165, 1.54) is 25.3 Å². The van der Waals surface area contributed by atoms with Crippen LogP contribution < -0.4 is 14.8 Å². The number of rotatable bonds is 7. The Hall–Kier alpha value is -2.67. The van der Waals surface area contributed by atoms with Gasteiger partial charge in [0.15, 0.2) is 11.5 Å². The van der Waals surface area contributed by atoms with Crippen molar-refractivity contribution in [2.45, 2.75) is 12.6 Å². The Morgan fingerprint density at radius 2 is 1.82 bits per heavy atom. The Balaban J connectivity index is 1.93. The van der Waals surface area contributed by atoms with E-state index in [9.17, 15) is 18.0 Å². The zero-order chi connectivity index (χ0) is 20.7. The lowest BCUT2D eigenvalue weighted by Gasteiger charge is -2.10. The van der Waals surface area contributed by atoms with Gasteiger partial charge in [0, 0.05) is 12.6 Å². The zero-order valence-corrected chi connectivity index (χ0v) is 16.0.